The maximum atomic E-state index is 13.1. The number of fused-ring (bicyclic) bond motifs is 4. The smallest absolute Gasteiger partial charge is 0.180 e. The fourth-order valence-electron chi connectivity index (χ4n) is 3.84. The monoisotopic (exact) mass is 342 g/mol. The molecule has 0 spiro atoms. The van der Waals surface area contributed by atoms with Crippen LogP contribution in [0.15, 0.2) is 34.9 Å². The van der Waals surface area contributed by atoms with Crippen molar-refractivity contribution in [2.24, 2.45) is 0 Å². The van der Waals surface area contributed by atoms with E-state index >= 15 is 0 Å². The van der Waals surface area contributed by atoms with Crippen LogP contribution in [0.4, 0.5) is 15.3 Å². The van der Waals surface area contributed by atoms with Gasteiger partial charge in [0, 0.05) is 24.1 Å². The van der Waals surface area contributed by atoms with Crippen molar-refractivity contribution in [3.8, 4) is 11.3 Å². The first-order valence-electron chi connectivity index (χ1n) is 7.95. The summed E-state index contributed by atoms with van der Waals surface area (Å²) in [6.45, 7) is 0. The first-order valence-corrected chi connectivity index (χ1v) is 8.77. The average Bonchev–Trinajstić information content (AvgIpc) is 3.25. The molecule has 2 N–H and O–H groups in total. The van der Waals surface area contributed by atoms with E-state index in [1.807, 2.05) is 6.07 Å². The summed E-state index contributed by atoms with van der Waals surface area (Å²) in [6, 6.07) is 8.85. The highest BCUT2D eigenvalue weighted by molar-refractivity contribution is 7.15. The molecular formula is C17H15FN4OS. The van der Waals surface area contributed by atoms with Gasteiger partial charge >= 0.3 is 0 Å². The van der Waals surface area contributed by atoms with Crippen LogP contribution in [0, 0.1) is 5.82 Å². The van der Waals surface area contributed by atoms with Gasteiger partial charge in [0.15, 0.2) is 16.7 Å². The van der Waals surface area contributed by atoms with Gasteiger partial charge in [-0.3, -0.25) is 0 Å². The summed E-state index contributed by atoms with van der Waals surface area (Å²) in [5.41, 5.74) is 7.85. The molecule has 1 saturated heterocycles. The first kappa shape index (κ1) is 14.0. The Labute approximate surface area is 141 Å². The molecule has 5 rings (SSSR count). The molecule has 5 nitrogen and oxygen atoms in total. The van der Waals surface area contributed by atoms with E-state index in [1.165, 1.54) is 17.0 Å². The van der Waals surface area contributed by atoms with Crippen molar-refractivity contribution in [2.45, 2.75) is 31.3 Å². The van der Waals surface area contributed by atoms with E-state index in [0.717, 1.165) is 36.3 Å². The molecule has 0 amide bonds. The fraction of sp³-hybridized carbons (Fsp3) is 0.294. The van der Waals surface area contributed by atoms with Gasteiger partial charge in [-0.2, -0.15) is 0 Å². The number of thiazole rings is 1. The summed E-state index contributed by atoms with van der Waals surface area (Å²) in [6.07, 6.45) is 3.10. The van der Waals surface area contributed by atoms with E-state index in [4.69, 9.17) is 10.3 Å². The summed E-state index contributed by atoms with van der Waals surface area (Å²) in [5.74, 6) is 1.22. The second-order valence-electron chi connectivity index (χ2n) is 6.28. The lowest BCUT2D eigenvalue weighted by Gasteiger charge is -2.33. The average molecular weight is 342 g/mol. The Bertz CT molecular complexity index is 904. The molecule has 3 aromatic rings. The Morgan fingerprint density at radius 1 is 1.25 bits per heavy atom. The van der Waals surface area contributed by atoms with Gasteiger partial charge in [-0.1, -0.05) is 16.5 Å². The summed E-state index contributed by atoms with van der Waals surface area (Å²) < 4.78 is 18.6. The number of nitrogens with two attached hydrogens (primary N) is 1. The largest absolute Gasteiger partial charge is 0.375 e. The van der Waals surface area contributed by atoms with Crippen LogP contribution >= 0.6 is 11.3 Å². The number of aromatic nitrogens is 2. The van der Waals surface area contributed by atoms with Gasteiger partial charge in [0.25, 0.3) is 0 Å². The minimum absolute atomic E-state index is 0.261. The lowest BCUT2D eigenvalue weighted by atomic mass is 10.1. The molecule has 2 aliphatic rings. The Morgan fingerprint density at radius 3 is 2.92 bits per heavy atom. The summed E-state index contributed by atoms with van der Waals surface area (Å²) in [5, 5.41) is 4.91. The van der Waals surface area contributed by atoms with Gasteiger partial charge in [-0.15, -0.1) is 0 Å². The van der Waals surface area contributed by atoms with Gasteiger partial charge in [0.05, 0.1) is 16.6 Å². The minimum Gasteiger partial charge on any atom is -0.375 e. The summed E-state index contributed by atoms with van der Waals surface area (Å²) in [7, 11) is 0. The third-order valence-electron chi connectivity index (χ3n) is 4.87. The molecule has 122 valence electrons. The number of hydrogen-bond donors (Lipinski definition) is 1. The lowest BCUT2D eigenvalue weighted by Crippen LogP contribution is -2.37. The van der Waals surface area contributed by atoms with Crippen LogP contribution in [0.2, 0.25) is 0 Å². The van der Waals surface area contributed by atoms with Gasteiger partial charge in [-0.05, 0) is 37.1 Å². The van der Waals surface area contributed by atoms with Crippen molar-refractivity contribution < 1.29 is 8.91 Å². The summed E-state index contributed by atoms with van der Waals surface area (Å²) in [4.78, 5) is 8.06. The second-order valence-corrected chi connectivity index (χ2v) is 7.34. The maximum absolute atomic E-state index is 13.1. The predicted molar refractivity (Wildman–Crippen MR) is 90.4 cm³/mol. The molecule has 2 bridgehead atoms. The van der Waals surface area contributed by atoms with Crippen molar-refractivity contribution in [2.75, 3.05) is 10.6 Å². The van der Waals surface area contributed by atoms with Crippen molar-refractivity contribution in [3.63, 3.8) is 0 Å². The molecule has 0 radical (unpaired) electrons. The van der Waals surface area contributed by atoms with Crippen LogP contribution in [0.3, 0.4) is 0 Å². The Balaban J connectivity index is 1.50. The number of nitrogens with zero attached hydrogens (tertiary/aromatic N) is 3. The second kappa shape index (κ2) is 5.04. The minimum atomic E-state index is -0.261. The number of rotatable bonds is 2. The van der Waals surface area contributed by atoms with E-state index in [9.17, 15) is 4.39 Å². The zero-order valence-corrected chi connectivity index (χ0v) is 13.6. The quantitative estimate of drug-likeness (QED) is 0.767. The predicted octanol–water partition coefficient (Wildman–Crippen LogP) is 3.79. The fourth-order valence-corrected chi connectivity index (χ4v) is 4.83. The van der Waals surface area contributed by atoms with Crippen molar-refractivity contribution >= 4 is 22.3 Å². The third kappa shape index (κ3) is 2.04. The van der Waals surface area contributed by atoms with Crippen LogP contribution in [0.5, 0.6) is 0 Å². The molecule has 2 aromatic heterocycles. The van der Waals surface area contributed by atoms with Gasteiger partial charge in [0.1, 0.15) is 5.82 Å². The number of nitrogen functional groups attached to an aromatic ring is 1. The topological polar surface area (TPSA) is 68.2 Å². The Kier molecular flexibility index (Phi) is 2.94. The third-order valence-corrected chi connectivity index (χ3v) is 5.90. The highest BCUT2D eigenvalue weighted by Gasteiger charge is 2.43. The molecule has 2 unspecified atom stereocenters. The molecule has 1 aromatic carbocycles. The van der Waals surface area contributed by atoms with E-state index in [2.05, 4.69) is 15.0 Å². The van der Waals surface area contributed by atoms with Crippen molar-refractivity contribution in [3.05, 3.63) is 46.7 Å². The normalized spacial score (nSPS) is 22.0. The van der Waals surface area contributed by atoms with E-state index in [1.54, 1.807) is 23.5 Å². The van der Waals surface area contributed by atoms with E-state index in [0.29, 0.717) is 16.9 Å². The molecule has 2 aliphatic heterocycles. The summed E-state index contributed by atoms with van der Waals surface area (Å²) >= 11 is 1.58. The van der Waals surface area contributed by atoms with Crippen LogP contribution < -0.4 is 10.6 Å². The molecular weight excluding hydrogens is 327 g/mol. The van der Waals surface area contributed by atoms with Crippen LogP contribution in [0.1, 0.15) is 29.5 Å². The van der Waals surface area contributed by atoms with E-state index < -0.39 is 0 Å². The van der Waals surface area contributed by atoms with Crippen molar-refractivity contribution in [1.82, 2.24) is 10.1 Å². The van der Waals surface area contributed by atoms with E-state index in [-0.39, 0.29) is 11.9 Å². The molecule has 24 heavy (non-hydrogen) atoms. The zero-order valence-electron chi connectivity index (χ0n) is 12.8. The standard InChI is InChI=1S/C17H15FN4OS/c18-10-3-1-9(2-4-10)14-8-15(21-23-14)22-11-5-6-13(22)16-12(7-11)20-17(19)24-16/h1-4,8,11,13H,5-7H2,(H2,19,20). The molecule has 0 saturated carbocycles. The molecule has 2 atom stereocenters. The number of benzene rings is 1. The zero-order chi connectivity index (χ0) is 16.3. The Morgan fingerprint density at radius 2 is 2.08 bits per heavy atom. The highest BCUT2D eigenvalue weighted by Crippen LogP contribution is 2.48. The van der Waals surface area contributed by atoms with Gasteiger partial charge in [-0.25, -0.2) is 9.37 Å². The number of hydrogen-bond acceptors (Lipinski definition) is 6. The molecule has 4 heterocycles. The van der Waals surface area contributed by atoms with Gasteiger partial charge < -0.3 is 15.2 Å². The number of anilines is 2. The Hall–Kier alpha value is -2.41. The highest BCUT2D eigenvalue weighted by atomic mass is 32.1. The molecule has 1 fully saturated rings. The van der Waals surface area contributed by atoms with Crippen molar-refractivity contribution in [1.29, 1.82) is 0 Å². The first-order chi connectivity index (χ1) is 11.7. The van der Waals surface area contributed by atoms with Crippen LogP contribution in [0.25, 0.3) is 11.3 Å². The molecule has 0 aliphatic carbocycles. The van der Waals surface area contributed by atoms with Crippen LogP contribution in [-0.4, -0.2) is 16.2 Å². The van der Waals surface area contributed by atoms with Crippen LogP contribution in [-0.2, 0) is 6.42 Å². The lowest BCUT2D eigenvalue weighted by molar-refractivity contribution is 0.426. The van der Waals surface area contributed by atoms with Gasteiger partial charge in [0.2, 0.25) is 0 Å². The molecule has 7 heteroatoms. The maximum Gasteiger partial charge on any atom is 0.180 e. The number of halogens is 1. The SMILES string of the molecule is Nc1nc2c(s1)C1CCC(C2)N1c1cc(-c2ccc(F)cc2)on1.